The Balaban J connectivity index is 2.35. The van der Waals surface area contributed by atoms with Gasteiger partial charge in [0.1, 0.15) is 0 Å². The van der Waals surface area contributed by atoms with Crippen LogP contribution in [0.3, 0.4) is 0 Å². The van der Waals surface area contributed by atoms with E-state index >= 15 is 0 Å². The Kier molecular flexibility index (Phi) is 3.67. The summed E-state index contributed by atoms with van der Waals surface area (Å²) in [7, 11) is 3.78. The third-order valence-corrected chi connectivity index (χ3v) is 1.85. The fourth-order valence-electron chi connectivity index (χ4n) is 1.05. The van der Waals surface area contributed by atoms with Crippen LogP contribution in [0.4, 0.5) is 0 Å². The van der Waals surface area contributed by atoms with Crippen LogP contribution in [0.25, 0.3) is 0 Å². The van der Waals surface area contributed by atoms with Gasteiger partial charge in [0.2, 0.25) is 0 Å². The summed E-state index contributed by atoms with van der Waals surface area (Å²) in [6.07, 6.45) is 6.25. The Morgan fingerprint density at radius 3 is 3.08 bits per heavy atom. The van der Waals surface area contributed by atoms with Gasteiger partial charge in [-0.3, -0.25) is 0 Å². The minimum Gasteiger partial charge on any atom is -0.386 e. The maximum atomic E-state index is 4.99. The number of hydrogen-bond acceptors (Lipinski definition) is 3. The van der Waals surface area contributed by atoms with Crippen LogP contribution in [-0.2, 0) is 4.74 Å². The summed E-state index contributed by atoms with van der Waals surface area (Å²) >= 11 is 0. The first kappa shape index (κ1) is 9.13. The van der Waals surface area contributed by atoms with Crippen LogP contribution >= 0.6 is 0 Å². The molecule has 0 amide bonds. The van der Waals surface area contributed by atoms with Crippen molar-refractivity contribution in [3.63, 3.8) is 0 Å². The number of allylic oxidation sites excluding steroid dienone is 1. The van der Waals surface area contributed by atoms with E-state index < -0.39 is 0 Å². The van der Waals surface area contributed by atoms with Gasteiger partial charge in [-0.15, -0.1) is 0 Å². The molecule has 0 aromatic carbocycles. The smallest absolute Gasteiger partial charge is 0.0637 e. The molecule has 0 spiro atoms. The molecule has 0 aromatic rings. The van der Waals surface area contributed by atoms with Gasteiger partial charge in [0, 0.05) is 33.4 Å². The quantitative estimate of drug-likeness (QED) is 0.664. The van der Waals surface area contributed by atoms with Crippen LogP contribution in [0.2, 0.25) is 0 Å². The van der Waals surface area contributed by atoms with Crippen molar-refractivity contribution >= 4 is 0 Å². The number of rotatable bonds is 4. The SMILES string of the molecule is COCCN(C)C1=CNCC=C1. The van der Waals surface area contributed by atoms with Gasteiger partial charge in [-0.1, -0.05) is 6.08 Å². The van der Waals surface area contributed by atoms with Crippen LogP contribution in [0.1, 0.15) is 0 Å². The number of hydrogen-bond donors (Lipinski definition) is 1. The van der Waals surface area contributed by atoms with Gasteiger partial charge in [0.15, 0.2) is 0 Å². The standard InChI is InChI=1S/C9H16N2O/c1-11(6-7-12-2)9-4-3-5-10-8-9/h3-4,8,10H,5-7H2,1-2H3. The van der Waals surface area contributed by atoms with Crippen molar-refractivity contribution in [1.82, 2.24) is 10.2 Å². The lowest BCUT2D eigenvalue weighted by atomic mass is 10.3. The largest absolute Gasteiger partial charge is 0.386 e. The van der Waals surface area contributed by atoms with Crippen molar-refractivity contribution in [2.24, 2.45) is 0 Å². The lowest BCUT2D eigenvalue weighted by Gasteiger charge is -2.21. The van der Waals surface area contributed by atoms with Crippen molar-refractivity contribution in [1.29, 1.82) is 0 Å². The molecule has 12 heavy (non-hydrogen) atoms. The number of likely N-dealkylation sites (N-methyl/N-ethyl adjacent to an activating group) is 1. The van der Waals surface area contributed by atoms with Crippen molar-refractivity contribution in [3.05, 3.63) is 24.0 Å². The zero-order valence-electron chi connectivity index (χ0n) is 7.71. The summed E-state index contributed by atoms with van der Waals surface area (Å²) in [6, 6.07) is 0. The first-order chi connectivity index (χ1) is 5.84. The van der Waals surface area contributed by atoms with Crippen LogP contribution in [-0.4, -0.2) is 38.8 Å². The van der Waals surface area contributed by atoms with E-state index in [4.69, 9.17) is 4.74 Å². The van der Waals surface area contributed by atoms with Crippen LogP contribution in [0.5, 0.6) is 0 Å². The zero-order valence-corrected chi connectivity index (χ0v) is 7.71. The Morgan fingerprint density at radius 1 is 1.67 bits per heavy atom. The molecular weight excluding hydrogens is 152 g/mol. The third-order valence-electron chi connectivity index (χ3n) is 1.85. The predicted molar refractivity (Wildman–Crippen MR) is 49.7 cm³/mol. The minimum absolute atomic E-state index is 0.766. The van der Waals surface area contributed by atoms with E-state index in [-0.39, 0.29) is 0 Å². The molecule has 1 N–H and O–H groups in total. The van der Waals surface area contributed by atoms with Gasteiger partial charge in [-0.2, -0.15) is 0 Å². The summed E-state index contributed by atoms with van der Waals surface area (Å²) in [5, 5.41) is 3.16. The highest BCUT2D eigenvalue weighted by Crippen LogP contribution is 2.04. The summed E-state index contributed by atoms with van der Waals surface area (Å²) < 4.78 is 4.99. The summed E-state index contributed by atoms with van der Waals surface area (Å²) in [5.41, 5.74) is 1.21. The first-order valence-electron chi connectivity index (χ1n) is 4.15. The molecule has 3 nitrogen and oxygen atoms in total. The molecular formula is C9H16N2O. The average molecular weight is 168 g/mol. The molecule has 0 saturated heterocycles. The van der Waals surface area contributed by atoms with Crippen molar-refractivity contribution in [2.45, 2.75) is 0 Å². The second kappa shape index (κ2) is 4.83. The summed E-state index contributed by atoms with van der Waals surface area (Å²) in [4.78, 5) is 2.16. The molecule has 68 valence electrons. The molecule has 0 bridgehead atoms. The topological polar surface area (TPSA) is 24.5 Å². The Morgan fingerprint density at radius 2 is 2.50 bits per heavy atom. The van der Waals surface area contributed by atoms with E-state index in [0.29, 0.717) is 0 Å². The molecule has 0 fully saturated rings. The molecule has 0 radical (unpaired) electrons. The molecule has 3 heteroatoms. The Bertz CT molecular complexity index is 187. The monoisotopic (exact) mass is 168 g/mol. The minimum atomic E-state index is 0.766. The number of methoxy groups -OCH3 is 1. The first-order valence-corrected chi connectivity index (χ1v) is 4.15. The van der Waals surface area contributed by atoms with E-state index in [1.54, 1.807) is 7.11 Å². The maximum Gasteiger partial charge on any atom is 0.0637 e. The highest BCUT2D eigenvalue weighted by atomic mass is 16.5. The van der Waals surface area contributed by atoms with Crippen LogP contribution in [0, 0.1) is 0 Å². The van der Waals surface area contributed by atoms with Gasteiger partial charge >= 0.3 is 0 Å². The predicted octanol–water partition coefficient (Wildman–Crippen LogP) is 0.565. The molecule has 1 aliphatic rings. The van der Waals surface area contributed by atoms with E-state index in [0.717, 1.165) is 19.7 Å². The van der Waals surface area contributed by atoms with Crippen molar-refractivity contribution in [2.75, 3.05) is 33.9 Å². The van der Waals surface area contributed by atoms with Gasteiger partial charge < -0.3 is 15.0 Å². The van der Waals surface area contributed by atoms with Gasteiger partial charge in [-0.05, 0) is 6.08 Å². The van der Waals surface area contributed by atoms with Crippen molar-refractivity contribution < 1.29 is 4.74 Å². The fraction of sp³-hybridized carbons (Fsp3) is 0.556. The highest BCUT2D eigenvalue weighted by molar-refractivity contribution is 5.20. The maximum absolute atomic E-state index is 4.99. The van der Waals surface area contributed by atoms with E-state index in [1.807, 2.05) is 6.20 Å². The Hall–Kier alpha value is -0.960. The molecule has 1 heterocycles. The average Bonchev–Trinajstić information content (AvgIpc) is 2.15. The number of ether oxygens (including phenoxy) is 1. The van der Waals surface area contributed by atoms with E-state index in [1.165, 1.54) is 5.70 Å². The molecule has 0 unspecified atom stereocenters. The zero-order chi connectivity index (χ0) is 8.81. The molecule has 1 aliphatic heterocycles. The van der Waals surface area contributed by atoms with Gasteiger partial charge in [0.25, 0.3) is 0 Å². The van der Waals surface area contributed by atoms with Gasteiger partial charge in [0.05, 0.1) is 12.3 Å². The lowest BCUT2D eigenvalue weighted by molar-refractivity contribution is 0.175. The Labute approximate surface area is 73.7 Å². The second-order valence-electron chi connectivity index (χ2n) is 2.79. The number of dihydropyridines is 1. The molecule has 0 saturated carbocycles. The van der Waals surface area contributed by atoms with Crippen molar-refractivity contribution in [3.8, 4) is 0 Å². The van der Waals surface area contributed by atoms with E-state index in [2.05, 4.69) is 29.4 Å². The second-order valence-corrected chi connectivity index (χ2v) is 2.79. The lowest BCUT2D eigenvalue weighted by Crippen LogP contribution is -2.24. The normalized spacial score (nSPS) is 15.3. The third kappa shape index (κ3) is 2.58. The van der Waals surface area contributed by atoms with Gasteiger partial charge in [-0.25, -0.2) is 0 Å². The summed E-state index contributed by atoms with van der Waals surface area (Å²) in [6.45, 7) is 2.62. The number of nitrogens with zero attached hydrogens (tertiary/aromatic N) is 1. The van der Waals surface area contributed by atoms with Crippen LogP contribution in [0.15, 0.2) is 24.0 Å². The highest BCUT2D eigenvalue weighted by Gasteiger charge is 2.01. The molecule has 0 aromatic heterocycles. The molecule has 0 aliphatic carbocycles. The molecule has 1 rings (SSSR count). The van der Waals surface area contributed by atoms with Crippen LogP contribution < -0.4 is 5.32 Å². The van der Waals surface area contributed by atoms with E-state index in [9.17, 15) is 0 Å². The summed E-state index contributed by atoms with van der Waals surface area (Å²) in [5.74, 6) is 0. The molecule has 0 atom stereocenters. The fourth-order valence-corrected chi connectivity index (χ4v) is 1.05. The number of nitrogens with one attached hydrogen (secondary N) is 1.